The standard InChI is InChI=1S/C17H16ClFN2/c1-10-7-16-17(8-11(10)2)21(12(3)20-16)9-13-14(18)5-4-6-15(13)19/h4-8H,9H2,1-3H3. The smallest absolute Gasteiger partial charge is 0.129 e. The average Bonchev–Trinajstić information content (AvgIpc) is 2.70. The van der Waals surface area contributed by atoms with Gasteiger partial charge < -0.3 is 4.57 Å². The Bertz CT molecular complexity index is 816. The fraction of sp³-hybridized carbons (Fsp3) is 0.235. The minimum Gasteiger partial charge on any atom is -0.324 e. The van der Waals surface area contributed by atoms with Crippen LogP contribution in [-0.4, -0.2) is 9.55 Å². The average molecular weight is 303 g/mol. The highest BCUT2D eigenvalue weighted by atomic mass is 35.5. The monoisotopic (exact) mass is 302 g/mol. The summed E-state index contributed by atoms with van der Waals surface area (Å²) in [6.45, 7) is 6.45. The molecule has 2 nitrogen and oxygen atoms in total. The van der Waals surface area contributed by atoms with Crippen LogP contribution in [0.5, 0.6) is 0 Å². The van der Waals surface area contributed by atoms with E-state index in [1.807, 2.05) is 11.5 Å². The molecule has 2 aromatic carbocycles. The van der Waals surface area contributed by atoms with Crippen LogP contribution in [0, 0.1) is 26.6 Å². The van der Waals surface area contributed by atoms with Gasteiger partial charge >= 0.3 is 0 Å². The van der Waals surface area contributed by atoms with E-state index in [1.54, 1.807) is 12.1 Å². The Kier molecular flexibility index (Phi) is 3.46. The van der Waals surface area contributed by atoms with Crippen LogP contribution in [0.4, 0.5) is 4.39 Å². The lowest BCUT2D eigenvalue weighted by Gasteiger charge is -2.10. The molecule has 0 spiro atoms. The summed E-state index contributed by atoms with van der Waals surface area (Å²) in [7, 11) is 0. The normalized spacial score (nSPS) is 11.3. The molecule has 3 rings (SSSR count). The highest BCUT2D eigenvalue weighted by Crippen LogP contribution is 2.25. The number of aromatic nitrogens is 2. The van der Waals surface area contributed by atoms with Crippen molar-refractivity contribution in [2.75, 3.05) is 0 Å². The molecule has 0 unspecified atom stereocenters. The van der Waals surface area contributed by atoms with E-state index in [4.69, 9.17) is 11.6 Å². The van der Waals surface area contributed by atoms with Crippen LogP contribution >= 0.6 is 11.6 Å². The zero-order chi connectivity index (χ0) is 15.1. The molecule has 1 heterocycles. The zero-order valence-electron chi connectivity index (χ0n) is 12.2. The maximum atomic E-state index is 14.0. The van der Waals surface area contributed by atoms with E-state index in [-0.39, 0.29) is 5.82 Å². The maximum absolute atomic E-state index is 14.0. The lowest BCUT2D eigenvalue weighted by molar-refractivity contribution is 0.599. The Morgan fingerprint density at radius 3 is 2.57 bits per heavy atom. The first-order valence-corrected chi connectivity index (χ1v) is 7.22. The van der Waals surface area contributed by atoms with E-state index in [2.05, 4.69) is 31.0 Å². The highest BCUT2D eigenvalue weighted by molar-refractivity contribution is 6.31. The molecular formula is C17H16ClFN2. The van der Waals surface area contributed by atoms with Crippen molar-refractivity contribution in [3.63, 3.8) is 0 Å². The molecule has 3 aromatic rings. The Labute approximate surface area is 128 Å². The van der Waals surface area contributed by atoms with Crippen molar-refractivity contribution in [2.45, 2.75) is 27.3 Å². The van der Waals surface area contributed by atoms with Crippen molar-refractivity contribution < 1.29 is 4.39 Å². The number of nitrogens with zero attached hydrogens (tertiary/aromatic N) is 2. The second kappa shape index (κ2) is 5.15. The second-order valence-corrected chi connectivity index (χ2v) is 5.78. The van der Waals surface area contributed by atoms with E-state index in [1.165, 1.54) is 17.2 Å². The number of halogens is 2. The second-order valence-electron chi connectivity index (χ2n) is 5.37. The van der Waals surface area contributed by atoms with Crippen molar-refractivity contribution in [1.82, 2.24) is 9.55 Å². The van der Waals surface area contributed by atoms with Crippen molar-refractivity contribution in [3.05, 3.63) is 63.7 Å². The molecule has 0 aliphatic carbocycles. The van der Waals surface area contributed by atoms with Gasteiger partial charge in [-0.2, -0.15) is 0 Å². The molecule has 0 fully saturated rings. The number of hydrogen-bond acceptors (Lipinski definition) is 1. The SMILES string of the molecule is Cc1cc2nc(C)n(Cc3c(F)cccc3Cl)c2cc1C. The van der Waals surface area contributed by atoms with Crippen molar-refractivity contribution >= 4 is 22.6 Å². The molecule has 108 valence electrons. The molecule has 0 amide bonds. The third-order valence-corrected chi connectivity index (χ3v) is 4.29. The topological polar surface area (TPSA) is 17.8 Å². The van der Waals surface area contributed by atoms with Gasteiger partial charge in [-0.3, -0.25) is 0 Å². The number of imidazole rings is 1. The minimum absolute atomic E-state index is 0.285. The fourth-order valence-corrected chi connectivity index (χ4v) is 2.76. The van der Waals surface area contributed by atoms with Crippen LogP contribution in [0.2, 0.25) is 5.02 Å². The van der Waals surface area contributed by atoms with Gasteiger partial charge in [0, 0.05) is 10.6 Å². The van der Waals surface area contributed by atoms with Crippen LogP contribution in [0.1, 0.15) is 22.5 Å². The molecule has 1 aromatic heterocycles. The molecule has 0 N–H and O–H groups in total. The molecule has 4 heteroatoms. The van der Waals surface area contributed by atoms with Gasteiger partial charge in [0.05, 0.1) is 17.6 Å². The Balaban J connectivity index is 2.17. The van der Waals surface area contributed by atoms with E-state index < -0.39 is 0 Å². The number of rotatable bonds is 2. The lowest BCUT2D eigenvalue weighted by Crippen LogP contribution is -2.05. The molecule has 0 radical (unpaired) electrons. The predicted molar refractivity (Wildman–Crippen MR) is 84.5 cm³/mol. The summed E-state index contributed by atoms with van der Waals surface area (Å²) in [6.07, 6.45) is 0. The Hall–Kier alpha value is -1.87. The number of benzene rings is 2. The molecule has 21 heavy (non-hydrogen) atoms. The van der Waals surface area contributed by atoms with Gasteiger partial charge in [0.1, 0.15) is 11.6 Å². The van der Waals surface area contributed by atoms with Crippen LogP contribution in [0.15, 0.2) is 30.3 Å². The summed E-state index contributed by atoms with van der Waals surface area (Å²) >= 11 is 6.13. The molecule has 0 saturated heterocycles. The molecule has 0 aliphatic heterocycles. The lowest BCUT2D eigenvalue weighted by atomic mass is 10.1. The van der Waals surface area contributed by atoms with E-state index in [0.29, 0.717) is 17.1 Å². The Morgan fingerprint density at radius 2 is 1.86 bits per heavy atom. The summed E-state index contributed by atoms with van der Waals surface area (Å²) in [5.74, 6) is 0.571. The van der Waals surface area contributed by atoms with Gasteiger partial charge in [0.25, 0.3) is 0 Å². The third-order valence-electron chi connectivity index (χ3n) is 3.93. The van der Waals surface area contributed by atoms with E-state index in [0.717, 1.165) is 16.9 Å². The first-order valence-electron chi connectivity index (χ1n) is 6.84. The quantitative estimate of drug-likeness (QED) is 0.664. The van der Waals surface area contributed by atoms with Gasteiger partial charge in [-0.15, -0.1) is 0 Å². The molecule has 0 aliphatic rings. The number of aryl methyl sites for hydroxylation is 3. The van der Waals surface area contributed by atoms with Crippen LogP contribution in [0.3, 0.4) is 0 Å². The van der Waals surface area contributed by atoms with Gasteiger partial charge in [0.2, 0.25) is 0 Å². The first kappa shape index (κ1) is 14.1. The van der Waals surface area contributed by atoms with Crippen LogP contribution in [0.25, 0.3) is 11.0 Å². The van der Waals surface area contributed by atoms with Crippen molar-refractivity contribution in [1.29, 1.82) is 0 Å². The fourth-order valence-electron chi connectivity index (χ4n) is 2.54. The molecule has 0 atom stereocenters. The van der Waals surface area contributed by atoms with Crippen LogP contribution < -0.4 is 0 Å². The van der Waals surface area contributed by atoms with Gasteiger partial charge in [0.15, 0.2) is 0 Å². The van der Waals surface area contributed by atoms with E-state index in [9.17, 15) is 4.39 Å². The summed E-state index contributed by atoms with van der Waals surface area (Å²) in [5, 5.41) is 0.445. The van der Waals surface area contributed by atoms with Gasteiger partial charge in [-0.05, 0) is 56.2 Å². The zero-order valence-corrected chi connectivity index (χ0v) is 13.0. The van der Waals surface area contributed by atoms with Crippen molar-refractivity contribution in [2.24, 2.45) is 0 Å². The minimum atomic E-state index is -0.285. The Morgan fingerprint density at radius 1 is 1.14 bits per heavy atom. The van der Waals surface area contributed by atoms with Gasteiger partial charge in [-0.25, -0.2) is 9.37 Å². The first-order chi connectivity index (χ1) is 9.97. The molecular weight excluding hydrogens is 287 g/mol. The highest BCUT2D eigenvalue weighted by Gasteiger charge is 2.13. The van der Waals surface area contributed by atoms with E-state index >= 15 is 0 Å². The maximum Gasteiger partial charge on any atom is 0.129 e. The molecule has 0 saturated carbocycles. The van der Waals surface area contributed by atoms with Crippen LogP contribution in [-0.2, 0) is 6.54 Å². The summed E-state index contributed by atoms with van der Waals surface area (Å²) in [4.78, 5) is 4.57. The third kappa shape index (κ3) is 2.42. The predicted octanol–water partition coefficient (Wildman–Crippen LogP) is 4.80. The largest absolute Gasteiger partial charge is 0.324 e. The summed E-state index contributed by atoms with van der Waals surface area (Å²) in [6, 6.07) is 8.93. The summed E-state index contributed by atoms with van der Waals surface area (Å²) in [5.41, 5.74) is 4.84. The van der Waals surface area contributed by atoms with Crippen molar-refractivity contribution in [3.8, 4) is 0 Å². The summed E-state index contributed by atoms with van der Waals surface area (Å²) < 4.78 is 16.0. The van der Waals surface area contributed by atoms with Gasteiger partial charge in [-0.1, -0.05) is 17.7 Å². The number of hydrogen-bond donors (Lipinski definition) is 0. The number of fused-ring (bicyclic) bond motifs is 1. The molecule has 0 bridgehead atoms.